The van der Waals surface area contributed by atoms with E-state index in [0.29, 0.717) is 25.3 Å². The molecular formula is C30H33N3O3. The summed E-state index contributed by atoms with van der Waals surface area (Å²) in [7, 11) is 2.02. The standard InChI is InChI=1S/C30H33N3O3/c1-5-36-29(35)20-14-16-33(17-15-20)28-18-22(21-10-6-8-12-24(21)31-28)26(34)19-27-30(2,3)23-11-7-9-13-25(23)32(27)4/h6-13,18-20H,5,14-17H2,1-4H3/b27-19+. The van der Waals surface area contributed by atoms with Crippen molar-refractivity contribution in [3.8, 4) is 0 Å². The summed E-state index contributed by atoms with van der Waals surface area (Å²) in [6.45, 7) is 7.98. The maximum Gasteiger partial charge on any atom is 0.309 e. The third-order valence-corrected chi connectivity index (χ3v) is 7.62. The molecule has 6 heteroatoms. The molecule has 0 saturated carbocycles. The van der Waals surface area contributed by atoms with Crippen molar-refractivity contribution in [2.45, 2.75) is 39.0 Å². The minimum absolute atomic E-state index is 0.0287. The number of benzene rings is 2. The fourth-order valence-corrected chi connectivity index (χ4v) is 5.59. The Morgan fingerprint density at radius 1 is 1.08 bits per heavy atom. The molecule has 3 aromatic rings. The molecule has 0 atom stereocenters. The van der Waals surface area contributed by atoms with Gasteiger partial charge in [-0.1, -0.05) is 50.2 Å². The van der Waals surface area contributed by atoms with Gasteiger partial charge in [-0.3, -0.25) is 9.59 Å². The Kier molecular flexibility index (Phi) is 6.29. The number of anilines is 2. The third kappa shape index (κ3) is 4.15. The number of likely N-dealkylation sites (N-methyl/N-ethyl adjacent to an activating group) is 1. The molecule has 0 bridgehead atoms. The van der Waals surface area contributed by atoms with Gasteiger partial charge in [0, 0.05) is 54.0 Å². The predicted octanol–water partition coefficient (Wildman–Crippen LogP) is 5.51. The highest BCUT2D eigenvalue weighted by Crippen LogP contribution is 2.46. The van der Waals surface area contributed by atoms with Gasteiger partial charge in [0.05, 0.1) is 18.0 Å². The van der Waals surface area contributed by atoms with Crippen molar-refractivity contribution in [1.82, 2.24) is 4.98 Å². The number of fused-ring (bicyclic) bond motifs is 2. The van der Waals surface area contributed by atoms with E-state index in [0.717, 1.165) is 40.9 Å². The molecule has 5 rings (SSSR count). The minimum atomic E-state index is -0.276. The summed E-state index contributed by atoms with van der Waals surface area (Å²) in [5.74, 6) is 0.559. The van der Waals surface area contributed by atoms with Gasteiger partial charge in [-0.15, -0.1) is 0 Å². The van der Waals surface area contributed by atoms with Gasteiger partial charge < -0.3 is 14.5 Å². The van der Waals surface area contributed by atoms with Crippen LogP contribution >= 0.6 is 0 Å². The van der Waals surface area contributed by atoms with Crippen LogP contribution in [0, 0.1) is 5.92 Å². The zero-order chi connectivity index (χ0) is 25.4. The normalized spacial score (nSPS) is 18.5. The third-order valence-electron chi connectivity index (χ3n) is 7.62. The Hall–Kier alpha value is -3.67. The van der Waals surface area contributed by atoms with Crippen LogP contribution in [0.4, 0.5) is 11.5 Å². The molecule has 0 aliphatic carbocycles. The highest BCUT2D eigenvalue weighted by Gasteiger charge is 2.38. The van der Waals surface area contributed by atoms with Crippen LogP contribution in [0.25, 0.3) is 10.9 Å². The number of rotatable bonds is 5. The average Bonchev–Trinajstić information content (AvgIpc) is 3.09. The van der Waals surface area contributed by atoms with Crippen molar-refractivity contribution in [1.29, 1.82) is 0 Å². The largest absolute Gasteiger partial charge is 0.466 e. The highest BCUT2D eigenvalue weighted by atomic mass is 16.5. The Bertz CT molecular complexity index is 1350. The SMILES string of the molecule is CCOC(=O)C1CCN(c2cc(C(=O)/C=C3/N(C)c4ccccc4C3(C)C)c3ccccc3n2)CC1. The van der Waals surface area contributed by atoms with E-state index in [1.165, 1.54) is 5.56 Å². The summed E-state index contributed by atoms with van der Waals surface area (Å²) in [4.78, 5) is 35.2. The van der Waals surface area contributed by atoms with Crippen LogP contribution in [-0.4, -0.2) is 43.5 Å². The van der Waals surface area contributed by atoms with E-state index >= 15 is 0 Å². The Morgan fingerprint density at radius 2 is 1.78 bits per heavy atom. The van der Waals surface area contributed by atoms with Gasteiger partial charge >= 0.3 is 5.97 Å². The van der Waals surface area contributed by atoms with Gasteiger partial charge in [0.25, 0.3) is 0 Å². The fraction of sp³-hybridized carbons (Fsp3) is 0.367. The molecule has 2 aliphatic rings. The molecular weight excluding hydrogens is 450 g/mol. The van der Waals surface area contributed by atoms with Crippen LogP contribution in [0.15, 0.2) is 66.4 Å². The van der Waals surface area contributed by atoms with Gasteiger partial charge in [0.1, 0.15) is 5.82 Å². The molecule has 36 heavy (non-hydrogen) atoms. The van der Waals surface area contributed by atoms with Gasteiger partial charge in [0.2, 0.25) is 0 Å². The minimum Gasteiger partial charge on any atom is -0.466 e. The van der Waals surface area contributed by atoms with E-state index in [9.17, 15) is 9.59 Å². The first-order valence-electron chi connectivity index (χ1n) is 12.7. The van der Waals surface area contributed by atoms with Crippen molar-refractivity contribution >= 4 is 34.2 Å². The number of nitrogens with zero attached hydrogens (tertiary/aromatic N) is 3. The van der Waals surface area contributed by atoms with Crippen LogP contribution in [0.2, 0.25) is 0 Å². The smallest absolute Gasteiger partial charge is 0.309 e. The quantitative estimate of drug-likeness (QED) is 0.271. The van der Waals surface area contributed by atoms with E-state index in [4.69, 9.17) is 9.72 Å². The lowest BCUT2D eigenvalue weighted by molar-refractivity contribution is -0.148. The Morgan fingerprint density at radius 3 is 2.50 bits per heavy atom. The van der Waals surface area contributed by atoms with E-state index in [2.05, 4.69) is 35.8 Å². The van der Waals surface area contributed by atoms with Crippen molar-refractivity contribution in [2.24, 2.45) is 5.92 Å². The highest BCUT2D eigenvalue weighted by molar-refractivity contribution is 6.14. The number of ketones is 1. The van der Waals surface area contributed by atoms with E-state index in [1.54, 1.807) is 6.08 Å². The van der Waals surface area contributed by atoms with Gasteiger partial charge in [0.15, 0.2) is 5.78 Å². The second-order valence-electron chi connectivity index (χ2n) is 10.2. The maximum atomic E-state index is 13.8. The van der Waals surface area contributed by atoms with Gasteiger partial charge in [-0.2, -0.15) is 0 Å². The Labute approximate surface area is 212 Å². The van der Waals surface area contributed by atoms with Crippen LogP contribution in [-0.2, 0) is 14.9 Å². The van der Waals surface area contributed by atoms with Gasteiger partial charge in [-0.05, 0) is 43.5 Å². The summed E-state index contributed by atoms with van der Waals surface area (Å²) in [6, 6.07) is 18.0. The molecule has 2 aromatic carbocycles. The molecule has 6 nitrogen and oxygen atoms in total. The van der Waals surface area contributed by atoms with E-state index in [-0.39, 0.29) is 23.1 Å². The summed E-state index contributed by atoms with van der Waals surface area (Å²) in [5.41, 5.74) is 4.50. The summed E-state index contributed by atoms with van der Waals surface area (Å²) in [5, 5.41) is 0.848. The number of carbonyl (C=O) groups excluding carboxylic acids is 2. The van der Waals surface area contributed by atoms with Crippen LogP contribution < -0.4 is 9.80 Å². The maximum absolute atomic E-state index is 13.8. The molecule has 0 unspecified atom stereocenters. The number of carbonyl (C=O) groups is 2. The summed E-state index contributed by atoms with van der Waals surface area (Å²) in [6.07, 6.45) is 3.23. The van der Waals surface area contributed by atoms with Crippen LogP contribution in [0.5, 0.6) is 0 Å². The molecule has 0 amide bonds. The summed E-state index contributed by atoms with van der Waals surface area (Å²) < 4.78 is 5.21. The average molecular weight is 484 g/mol. The number of hydrogen-bond donors (Lipinski definition) is 0. The second kappa shape index (κ2) is 9.41. The monoisotopic (exact) mass is 483 g/mol. The number of ether oxygens (including phenoxy) is 1. The fourth-order valence-electron chi connectivity index (χ4n) is 5.59. The van der Waals surface area contributed by atoms with E-state index in [1.807, 2.05) is 56.4 Å². The van der Waals surface area contributed by atoms with Crippen LogP contribution in [0.3, 0.4) is 0 Å². The van der Waals surface area contributed by atoms with Crippen molar-refractivity contribution in [3.63, 3.8) is 0 Å². The topological polar surface area (TPSA) is 62.7 Å². The molecule has 1 fully saturated rings. The number of aromatic nitrogens is 1. The zero-order valence-electron chi connectivity index (χ0n) is 21.5. The number of allylic oxidation sites excluding steroid dienone is 2. The number of para-hydroxylation sites is 2. The lowest BCUT2D eigenvalue weighted by atomic mass is 9.83. The molecule has 1 saturated heterocycles. The molecule has 3 heterocycles. The van der Waals surface area contributed by atoms with Crippen molar-refractivity contribution in [3.05, 3.63) is 77.5 Å². The first kappa shape index (κ1) is 24.0. The first-order chi connectivity index (χ1) is 17.3. The Balaban J connectivity index is 1.48. The lowest BCUT2D eigenvalue weighted by Gasteiger charge is -2.32. The van der Waals surface area contributed by atoms with Gasteiger partial charge in [-0.25, -0.2) is 4.98 Å². The molecule has 186 valence electrons. The lowest BCUT2D eigenvalue weighted by Crippen LogP contribution is -2.37. The number of hydrogen-bond acceptors (Lipinski definition) is 6. The number of esters is 1. The van der Waals surface area contributed by atoms with Crippen LogP contribution in [0.1, 0.15) is 49.5 Å². The number of pyridine rings is 1. The first-order valence-corrected chi connectivity index (χ1v) is 12.7. The predicted molar refractivity (Wildman–Crippen MR) is 144 cm³/mol. The van der Waals surface area contributed by atoms with E-state index < -0.39 is 0 Å². The number of piperidine rings is 1. The van der Waals surface area contributed by atoms with Crippen molar-refractivity contribution in [2.75, 3.05) is 36.5 Å². The van der Waals surface area contributed by atoms with Crippen molar-refractivity contribution < 1.29 is 14.3 Å². The molecule has 0 spiro atoms. The molecule has 0 N–H and O–H groups in total. The zero-order valence-corrected chi connectivity index (χ0v) is 21.5. The summed E-state index contributed by atoms with van der Waals surface area (Å²) >= 11 is 0. The molecule has 2 aliphatic heterocycles. The molecule has 1 aromatic heterocycles. The molecule has 0 radical (unpaired) electrons. The second-order valence-corrected chi connectivity index (χ2v) is 10.2.